The Morgan fingerprint density at radius 3 is 2.69 bits per heavy atom. The van der Waals surface area contributed by atoms with Crippen molar-refractivity contribution in [3.63, 3.8) is 0 Å². The van der Waals surface area contributed by atoms with E-state index in [1.807, 2.05) is 13.2 Å². The van der Waals surface area contributed by atoms with Gasteiger partial charge in [0.25, 0.3) is 0 Å². The van der Waals surface area contributed by atoms with E-state index in [2.05, 4.69) is 4.98 Å². The Morgan fingerprint density at radius 2 is 2.12 bits per heavy atom. The van der Waals surface area contributed by atoms with E-state index in [0.29, 0.717) is 18.0 Å². The van der Waals surface area contributed by atoms with Gasteiger partial charge in [0.1, 0.15) is 0 Å². The molecule has 4 nitrogen and oxygen atoms in total. The van der Waals surface area contributed by atoms with Crippen molar-refractivity contribution in [3.8, 4) is 0 Å². The molecule has 4 heteroatoms. The molecule has 2 bridgehead atoms. The number of hydrogen-bond acceptors (Lipinski definition) is 3. The van der Waals surface area contributed by atoms with Crippen molar-refractivity contribution in [1.82, 2.24) is 9.55 Å². The molecule has 0 N–H and O–H groups in total. The first-order valence-corrected chi connectivity index (χ1v) is 5.91. The zero-order valence-electron chi connectivity index (χ0n) is 9.43. The summed E-state index contributed by atoms with van der Waals surface area (Å²) in [5, 5.41) is 0. The highest BCUT2D eigenvalue weighted by molar-refractivity contribution is 5.94. The van der Waals surface area contributed by atoms with Gasteiger partial charge in [-0.3, -0.25) is 4.79 Å². The molecule has 0 saturated carbocycles. The number of carbonyl (C=O) groups is 1. The summed E-state index contributed by atoms with van der Waals surface area (Å²) in [6.45, 7) is 0. The summed E-state index contributed by atoms with van der Waals surface area (Å²) in [4.78, 5) is 16.4. The van der Waals surface area contributed by atoms with Crippen molar-refractivity contribution in [1.29, 1.82) is 0 Å². The van der Waals surface area contributed by atoms with Gasteiger partial charge in [0.05, 0.1) is 12.2 Å². The largest absolute Gasteiger partial charge is 0.375 e. The van der Waals surface area contributed by atoms with Gasteiger partial charge in [0.2, 0.25) is 5.78 Å². The van der Waals surface area contributed by atoms with Gasteiger partial charge in [-0.2, -0.15) is 0 Å². The molecule has 3 rings (SSSR count). The lowest BCUT2D eigenvalue weighted by atomic mass is 9.91. The van der Waals surface area contributed by atoms with Crippen LogP contribution in [0.2, 0.25) is 0 Å². The van der Waals surface area contributed by atoms with E-state index in [1.54, 1.807) is 10.8 Å². The van der Waals surface area contributed by atoms with Gasteiger partial charge in [0, 0.05) is 25.4 Å². The third-order valence-electron chi connectivity index (χ3n) is 3.70. The summed E-state index contributed by atoms with van der Waals surface area (Å²) in [5.74, 6) is 0.895. The minimum atomic E-state index is 0.118. The fourth-order valence-corrected chi connectivity index (χ4v) is 2.86. The monoisotopic (exact) mass is 220 g/mol. The van der Waals surface area contributed by atoms with Crippen molar-refractivity contribution in [2.45, 2.75) is 37.9 Å². The number of rotatable bonds is 2. The summed E-state index contributed by atoms with van der Waals surface area (Å²) >= 11 is 0. The molecule has 1 aromatic heterocycles. The Bertz CT molecular complexity index is 401. The van der Waals surface area contributed by atoms with E-state index < -0.39 is 0 Å². The van der Waals surface area contributed by atoms with Gasteiger partial charge in [0.15, 0.2) is 5.82 Å². The number of nitrogens with zero attached hydrogens (tertiary/aromatic N) is 2. The van der Waals surface area contributed by atoms with E-state index >= 15 is 0 Å². The van der Waals surface area contributed by atoms with E-state index in [0.717, 1.165) is 25.7 Å². The van der Waals surface area contributed by atoms with Crippen LogP contribution < -0.4 is 0 Å². The van der Waals surface area contributed by atoms with Gasteiger partial charge < -0.3 is 9.30 Å². The number of hydrogen-bond donors (Lipinski definition) is 0. The lowest BCUT2D eigenvalue weighted by Crippen LogP contribution is -2.31. The first-order valence-electron chi connectivity index (χ1n) is 5.91. The van der Waals surface area contributed by atoms with E-state index in [4.69, 9.17) is 4.74 Å². The Kier molecular flexibility index (Phi) is 2.32. The molecule has 3 heterocycles. The molecule has 1 aromatic rings. The molecule has 2 fully saturated rings. The molecule has 0 radical (unpaired) electrons. The molecule has 2 saturated heterocycles. The smallest absolute Gasteiger partial charge is 0.201 e. The van der Waals surface area contributed by atoms with Crippen LogP contribution in [0.4, 0.5) is 0 Å². The highest BCUT2D eigenvalue weighted by Crippen LogP contribution is 2.36. The number of carbonyl (C=O) groups excluding carboxylic acids is 1. The van der Waals surface area contributed by atoms with Crippen LogP contribution in [0.15, 0.2) is 12.4 Å². The van der Waals surface area contributed by atoms with Gasteiger partial charge in [-0.1, -0.05) is 0 Å². The highest BCUT2D eigenvalue weighted by atomic mass is 16.5. The zero-order valence-corrected chi connectivity index (χ0v) is 9.43. The van der Waals surface area contributed by atoms with Crippen molar-refractivity contribution < 1.29 is 9.53 Å². The molecular formula is C12H16N2O2. The average molecular weight is 220 g/mol. The predicted octanol–water partition coefficient (Wildman–Crippen LogP) is 1.56. The number of Topliss-reactive ketones (excluding diaryl/α,β-unsaturated/α-hetero) is 1. The fourth-order valence-electron chi connectivity index (χ4n) is 2.86. The van der Waals surface area contributed by atoms with Crippen LogP contribution in [0.5, 0.6) is 0 Å². The second-order valence-corrected chi connectivity index (χ2v) is 4.85. The van der Waals surface area contributed by atoms with E-state index in [9.17, 15) is 4.79 Å². The Balaban J connectivity index is 1.79. The highest BCUT2D eigenvalue weighted by Gasteiger charge is 2.38. The fraction of sp³-hybridized carbons (Fsp3) is 0.667. The molecule has 2 aliphatic heterocycles. The quantitative estimate of drug-likeness (QED) is 0.710. The Hall–Kier alpha value is -1.16. The summed E-state index contributed by atoms with van der Waals surface area (Å²) in [5.41, 5.74) is 0. The molecule has 0 spiro atoms. The first-order chi connectivity index (χ1) is 7.74. The summed E-state index contributed by atoms with van der Waals surface area (Å²) < 4.78 is 7.55. The standard InChI is InChI=1S/C12H16N2O2/c1-14-5-4-13-12(14)11(15)8-6-9-2-3-10(7-8)16-9/h4-5,8-10H,2-3,6-7H2,1H3. The van der Waals surface area contributed by atoms with Crippen LogP contribution in [-0.4, -0.2) is 27.5 Å². The predicted molar refractivity (Wildman–Crippen MR) is 58.2 cm³/mol. The third-order valence-corrected chi connectivity index (χ3v) is 3.70. The molecular weight excluding hydrogens is 204 g/mol. The van der Waals surface area contributed by atoms with Crippen LogP contribution in [0.1, 0.15) is 36.3 Å². The molecule has 86 valence electrons. The van der Waals surface area contributed by atoms with Crippen molar-refractivity contribution in [2.75, 3.05) is 0 Å². The summed E-state index contributed by atoms with van der Waals surface area (Å²) in [6.07, 6.45) is 8.12. The lowest BCUT2D eigenvalue weighted by molar-refractivity contribution is -0.0151. The Morgan fingerprint density at radius 1 is 1.44 bits per heavy atom. The summed E-state index contributed by atoms with van der Waals surface area (Å²) in [7, 11) is 1.87. The second-order valence-electron chi connectivity index (χ2n) is 4.85. The molecule has 2 unspecified atom stereocenters. The third kappa shape index (κ3) is 1.57. The van der Waals surface area contributed by atoms with Crippen LogP contribution in [0.25, 0.3) is 0 Å². The van der Waals surface area contributed by atoms with E-state index in [-0.39, 0.29) is 11.7 Å². The minimum Gasteiger partial charge on any atom is -0.375 e. The van der Waals surface area contributed by atoms with Crippen LogP contribution in [-0.2, 0) is 11.8 Å². The molecule has 2 atom stereocenters. The van der Waals surface area contributed by atoms with Gasteiger partial charge >= 0.3 is 0 Å². The molecule has 2 aliphatic rings. The normalized spacial score (nSPS) is 32.9. The molecule has 16 heavy (non-hydrogen) atoms. The number of aromatic nitrogens is 2. The van der Waals surface area contributed by atoms with Crippen molar-refractivity contribution in [3.05, 3.63) is 18.2 Å². The van der Waals surface area contributed by atoms with Crippen LogP contribution in [0.3, 0.4) is 0 Å². The van der Waals surface area contributed by atoms with Crippen LogP contribution in [0, 0.1) is 5.92 Å². The summed E-state index contributed by atoms with van der Waals surface area (Å²) in [6, 6.07) is 0. The first kappa shape index (κ1) is 10.0. The van der Waals surface area contributed by atoms with Crippen molar-refractivity contribution in [2.24, 2.45) is 13.0 Å². The molecule has 0 aromatic carbocycles. The van der Waals surface area contributed by atoms with Gasteiger partial charge in [-0.25, -0.2) is 4.98 Å². The topological polar surface area (TPSA) is 44.1 Å². The Labute approximate surface area is 94.6 Å². The number of ketones is 1. The van der Waals surface area contributed by atoms with Gasteiger partial charge in [-0.05, 0) is 25.7 Å². The number of fused-ring (bicyclic) bond motifs is 2. The maximum absolute atomic E-state index is 12.3. The molecule has 0 amide bonds. The average Bonchev–Trinajstić information content (AvgIpc) is 2.84. The van der Waals surface area contributed by atoms with Crippen molar-refractivity contribution >= 4 is 5.78 Å². The van der Waals surface area contributed by atoms with E-state index in [1.165, 1.54) is 0 Å². The maximum Gasteiger partial charge on any atom is 0.201 e. The minimum absolute atomic E-state index is 0.118. The lowest BCUT2D eigenvalue weighted by Gasteiger charge is -2.26. The zero-order chi connectivity index (χ0) is 11.1. The number of aryl methyl sites for hydroxylation is 1. The number of imidazole rings is 1. The van der Waals surface area contributed by atoms with Gasteiger partial charge in [-0.15, -0.1) is 0 Å². The number of ether oxygens (including phenoxy) is 1. The second kappa shape index (κ2) is 3.70. The maximum atomic E-state index is 12.3. The SMILES string of the molecule is Cn1ccnc1C(=O)C1CC2CCC(C1)O2. The van der Waals surface area contributed by atoms with Crippen LogP contribution >= 0.6 is 0 Å². The molecule has 0 aliphatic carbocycles.